The van der Waals surface area contributed by atoms with E-state index in [1.807, 2.05) is 44.4 Å². The van der Waals surface area contributed by atoms with E-state index in [0.717, 1.165) is 5.19 Å². The molecule has 0 fully saturated rings. The molecule has 0 aromatic heterocycles. The summed E-state index contributed by atoms with van der Waals surface area (Å²) in [5.41, 5.74) is 0. The molecule has 0 aliphatic rings. The van der Waals surface area contributed by atoms with E-state index in [4.69, 9.17) is 0 Å². The third kappa shape index (κ3) is 5.77. The smallest absolute Gasteiger partial charge is 0.284 e. The lowest BCUT2D eigenvalue weighted by Crippen LogP contribution is -2.85. The Bertz CT molecular complexity index is 707. The van der Waals surface area contributed by atoms with Crippen LogP contribution in [0.15, 0.2) is 30.3 Å². The van der Waals surface area contributed by atoms with Gasteiger partial charge in [0.05, 0.1) is 0 Å². The number of rotatable bonds is 7. The highest BCUT2D eigenvalue weighted by atomic mass is 28.4. The standard InChI is InChI=1S/C23H49FN4Si3/c1-21(2,3)29(12,13)28(26-30(14,22(4,5)6)23(7,8)9)31(24,25-27(10)11)20-18-16-15-17-19-20/h15-19,25-26H,1-14H3. The number of halogens is 1. The molecule has 0 radical (unpaired) electrons. The van der Waals surface area contributed by atoms with Gasteiger partial charge in [0.2, 0.25) is 0 Å². The van der Waals surface area contributed by atoms with Gasteiger partial charge in [0, 0.05) is 19.3 Å². The van der Waals surface area contributed by atoms with Crippen LogP contribution < -0.4 is 15.4 Å². The fourth-order valence-corrected chi connectivity index (χ4v) is 17.3. The predicted octanol–water partition coefficient (Wildman–Crippen LogP) is 5.86. The third-order valence-electron chi connectivity index (χ3n) is 7.57. The van der Waals surface area contributed by atoms with E-state index in [9.17, 15) is 0 Å². The van der Waals surface area contributed by atoms with Crippen LogP contribution in [-0.4, -0.2) is 48.6 Å². The summed E-state index contributed by atoms with van der Waals surface area (Å²) in [5, 5.41) is 9.92. The Morgan fingerprint density at radius 3 is 1.45 bits per heavy atom. The van der Waals surface area contributed by atoms with Crippen molar-refractivity contribution >= 4 is 30.4 Å². The van der Waals surface area contributed by atoms with E-state index >= 15 is 4.11 Å². The minimum absolute atomic E-state index is 0.0296. The Labute approximate surface area is 195 Å². The zero-order valence-corrected chi connectivity index (χ0v) is 25.7. The average Bonchev–Trinajstić information content (AvgIpc) is 2.56. The number of hydrazine groups is 2. The topological polar surface area (TPSA) is 30.5 Å². The molecule has 0 spiro atoms. The van der Waals surface area contributed by atoms with Crippen LogP contribution in [0.5, 0.6) is 0 Å². The van der Waals surface area contributed by atoms with E-state index in [1.165, 1.54) is 0 Å². The molecule has 0 amide bonds. The van der Waals surface area contributed by atoms with Gasteiger partial charge in [0.15, 0.2) is 0 Å². The van der Waals surface area contributed by atoms with Gasteiger partial charge in [0.1, 0.15) is 16.5 Å². The fourth-order valence-electron chi connectivity index (χ4n) is 3.82. The normalized spacial score (nSPS) is 16.7. The molecule has 1 atom stereocenters. The highest BCUT2D eigenvalue weighted by molar-refractivity contribution is 6.96. The molecule has 31 heavy (non-hydrogen) atoms. The van der Waals surface area contributed by atoms with Gasteiger partial charge in [-0.25, -0.2) is 9.43 Å². The van der Waals surface area contributed by atoms with Crippen LogP contribution in [0.25, 0.3) is 0 Å². The van der Waals surface area contributed by atoms with Crippen LogP contribution >= 0.6 is 0 Å². The minimum Gasteiger partial charge on any atom is -0.284 e. The lowest BCUT2D eigenvalue weighted by molar-refractivity contribution is 0.312. The molecule has 0 saturated heterocycles. The third-order valence-corrected chi connectivity index (χ3v) is 24.8. The molecule has 0 aliphatic carbocycles. The molecule has 2 N–H and O–H groups in total. The Morgan fingerprint density at radius 1 is 0.710 bits per heavy atom. The van der Waals surface area contributed by atoms with Crippen molar-refractivity contribution in [3.63, 3.8) is 0 Å². The zero-order chi connectivity index (χ0) is 24.7. The highest BCUT2D eigenvalue weighted by Gasteiger charge is 2.60. The largest absolute Gasteiger partial charge is 0.451 e. The number of benzene rings is 1. The molecule has 1 rings (SSSR count). The number of nitrogens with zero attached hydrogens (tertiary/aromatic N) is 2. The predicted molar refractivity (Wildman–Crippen MR) is 143 cm³/mol. The molecule has 8 heteroatoms. The molecule has 0 heterocycles. The lowest BCUT2D eigenvalue weighted by Gasteiger charge is -2.59. The molecular weight excluding hydrogens is 436 g/mol. The van der Waals surface area contributed by atoms with Gasteiger partial charge < -0.3 is 0 Å². The second-order valence-electron chi connectivity index (χ2n) is 12.9. The summed E-state index contributed by atoms with van der Waals surface area (Å²) in [5.74, 6) is 0. The van der Waals surface area contributed by atoms with Gasteiger partial charge in [-0.1, -0.05) is 112 Å². The first-order valence-corrected chi connectivity index (χ1v) is 18.7. The number of hydrogen-bond donors (Lipinski definition) is 2. The first kappa shape index (κ1) is 28.7. The van der Waals surface area contributed by atoms with Crippen LogP contribution in [0.2, 0.25) is 34.8 Å². The monoisotopic (exact) mass is 484 g/mol. The summed E-state index contributed by atoms with van der Waals surface area (Å²) in [7, 11) is -4.65. The van der Waals surface area contributed by atoms with Crippen molar-refractivity contribution in [1.82, 2.24) is 19.5 Å². The van der Waals surface area contributed by atoms with Gasteiger partial charge in [-0.3, -0.25) is 14.2 Å². The molecule has 0 aliphatic heterocycles. The quantitative estimate of drug-likeness (QED) is 0.288. The summed E-state index contributed by atoms with van der Waals surface area (Å²) in [4.78, 5) is 0. The van der Waals surface area contributed by atoms with Crippen molar-refractivity contribution in [2.45, 2.75) is 97.1 Å². The summed E-state index contributed by atoms with van der Waals surface area (Å²) in [6.07, 6.45) is 0. The van der Waals surface area contributed by atoms with Crippen LogP contribution in [0.4, 0.5) is 4.11 Å². The first-order valence-electron chi connectivity index (χ1n) is 11.4. The minimum atomic E-state index is -3.84. The number of nitrogens with one attached hydrogen (secondary N) is 2. The first-order chi connectivity index (χ1) is 13.6. The molecule has 0 saturated carbocycles. The molecule has 180 valence electrons. The second-order valence-corrected chi connectivity index (χ2v) is 26.4. The Morgan fingerprint density at radius 2 is 1.13 bits per heavy atom. The van der Waals surface area contributed by atoms with Crippen LogP contribution in [0.1, 0.15) is 62.3 Å². The van der Waals surface area contributed by atoms with Crippen LogP contribution in [-0.2, 0) is 0 Å². The maximum atomic E-state index is 17.7. The van der Waals surface area contributed by atoms with Crippen molar-refractivity contribution in [3.8, 4) is 0 Å². The van der Waals surface area contributed by atoms with Crippen molar-refractivity contribution in [2.75, 3.05) is 14.1 Å². The van der Waals surface area contributed by atoms with Gasteiger partial charge in [0.25, 0.3) is 0 Å². The molecule has 1 unspecified atom stereocenters. The van der Waals surface area contributed by atoms with Gasteiger partial charge >= 0.3 is 8.73 Å². The van der Waals surface area contributed by atoms with Crippen molar-refractivity contribution in [3.05, 3.63) is 30.3 Å². The van der Waals surface area contributed by atoms with E-state index < -0.39 is 25.2 Å². The van der Waals surface area contributed by atoms with Gasteiger partial charge in [-0.05, 0) is 15.1 Å². The van der Waals surface area contributed by atoms with Crippen LogP contribution in [0, 0.1) is 0 Å². The highest BCUT2D eigenvalue weighted by Crippen LogP contribution is 2.50. The van der Waals surface area contributed by atoms with Crippen molar-refractivity contribution in [1.29, 1.82) is 0 Å². The molecule has 1 aromatic carbocycles. The second kappa shape index (κ2) is 9.12. The molecule has 1 aromatic rings. The van der Waals surface area contributed by atoms with Crippen LogP contribution in [0.3, 0.4) is 0 Å². The average molecular weight is 485 g/mol. The Hall–Kier alpha value is -0.359. The lowest BCUT2D eigenvalue weighted by atomic mass is 10.2. The fraction of sp³-hybridized carbons (Fsp3) is 0.739. The summed E-state index contributed by atoms with van der Waals surface area (Å²) in [6, 6.07) is 9.74. The van der Waals surface area contributed by atoms with E-state index in [0.29, 0.717) is 0 Å². The maximum absolute atomic E-state index is 17.7. The zero-order valence-electron chi connectivity index (χ0n) is 22.7. The Kier molecular flexibility index (Phi) is 8.43. The van der Waals surface area contributed by atoms with Gasteiger partial charge in [-0.2, -0.15) is 0 Å². The maximum Gasteiger partial charge on any atom is 0.451 e. The molecule has 4 nitrogen and oxygen atoms in total. The van der Waals surface area contributed by atoms with E-state index in [-0.39, 0.29) is 15.1 Å². The molecular formula is C23H49FN4Si3. The van der Waals surface area contributed by atoms with Gasteiger partial charge in [-0.15, -0.1) is 0 Å². The SMILES string of the molecule is CN(C)N[Si](F)(c1ccccc1)N(N[Si](C)(C(C)(C)C)C(C)(C)C)[Si](C)(C)C(C)(C)C. The van der Waals surface area contributed by atoms with E-state index in [2.05, 4.69) is 96.5 Å². The number of hydrogen-bond acceptors (Lipinski definition) is 4. The Balaban J connectivity index is 3.90. The van der Waals surface area contributed by atoms with E-state index in [1.54, 1.807) is 5.01 Å². The van der Waals surface area contributed by atoms with Crippen molar-refractivity contribution in [2.24, 2.45) is 0 Å². The van der Waals surface area contributed by atoms with Crippen molar-refractivity contribution < 1.29 is 4.11 Å². The summed E-state index contributed by atoms with van der Waals surface area (Å²) >= 11 is 0. The molecule has 0 bridgehead atoms. The summed E-state index contributed by atoms with van der Waals surface area (Å²) in [6.45, 7) is 27.6. The summed E-state index contributed by atoms with van der Waals surface area (Å²) < 4.78 is 19.8.